The second kappa shape index (κ2) is 8.85. The summed E-state index contributed by atoms with van der Waals surface area (Å²) in [6.07, 6.45) is 1.22. The first-order valence-electron chi connectivity index (χ1n) is 10.7. The first-order valence-corrected chi connectivity index (χ1v) is 11.8. The van der Waals surface area contributed by atoms with Gasteiger partial charge in [0.25, 0.3) is 0 Å². The maximum Gasteiger partial charge on any atom is 0.246 e. The van der Waals surface area contributed by atoms with Crippen molar-refractivity contribution in [3.05, 3.63) is 66.0 Å². The van der Waals surface area contributed by atoms with Crippen LogP contribution in [0.4, 0.5) is 13.8 Å². The Balaban J connectivity index is 1.61. The van der Waals surface area contributed by atoms with E-state index >= 15 is 4.39 Å². The molecule has 1 aliphatic heterocycles. The molecule has 2 heterocycles. The third-order valence-corrected chi connectivity index (χ3v) is 7.37. The molecular weight excluding hydrogens is 480 g/mol. The van der Waals surface area contributed by atoms with Gasteiger partial charge in [0.2, 0.25) is 5.91 Å². The number of halogens is 3. The molecule has 1 aromatic heterocycles. The number of benzene rings is 3. The molecule has 4 aromatic rings. The Hall–Kier alpha value is -3.23. The molecule has 5 rings (SSSR count). The summed E-state index contributed by atoms with van der Waals surface area (Å²) in [5.74, 6) is -0.844. The Kier molecular flexibility index (Phi) is 5.87. The molecule has 1 N–H and O–H groups in total. The number of aromatic nitrogens is 1. The number of anilines is 1. The largest absolute Gasteiger partial charge is 0.508 e. The highest BCUT2D eigenvalue weighted by molar-refractivity contribution is 7.11. The topological polar surface area (TPSA) is 56.7 Å². The zero-order chi connectivity index (χ0) is 24.0. The summed E-state index contributed by atoms with van der Waals surface area (Å²) in [4.78, 5) is 15.4. The SMILES string of the molecule is C=CC(=O)N1CCN(c2snc3c(F)c(-c4cc(O)cc5ccccc45)c(Cl)cc23)[C@@H](CF)C1. The van der Waals surface area contributed by atoms with Crippen LogP contribution in [0.15, 0.2) is 55.1 Å². The summed E-state index contributed by atoms with van der Waals surface area (Å²) in [6.45, 7) is 3.79. The second-order valence-electron chi connectivity index (χ2n) is 8.14. The van der Waals surface area contributed by atoms with Crippen molar-refractivity contribution in [2.75, 3.05) is 31.2 Å². The molecule has 0 unspecified atom stereocenters. The van der Waals surface area contributed by atoms with Crippen LogP contribution < -0.4 is 4.90 Å². The van der Waals surface area contributed by atoms with E-state index in [9.17, 15) is 14.3 Å². The van der Waals surface area contributed by atoms with Gasteiger partial charge in [0.05, 0.1) is 11.1 Å². The van der Waals surface area contributed by atoms with Crippen molar-refractivity contribution < 1.29 is 18.7 Å². The predicted molar refractivity (Wildman–Crippen MR) is 133 cm³/mol. The van der Waals surface area contributed by atoms with Gasteiger partial charge in [-0.2, -0.15) is 4.37 Å². The molecule has 9 heteroatoms. The average Bonchev–Trinajstić information content (AvgIpc) is 3.26. The molecule has 0 saturated carbocycles. The first-order chi connectivity index (χ1) is 16.4. The summed E-state index contributed by atoms with van der Waals surface area (Å²) in [6, 6.07) is 11.5. The van der Waals surface area contributed by atoms with Crippen LogP contribution in [-0.4, -0.2) is 52.6 Å². The summed E-state index contributed by atoms with van der Waals surface area (Å²) in [5.41, 5.74) is 0.753. The van der Waals surface area contributed by atoms with Crippen molar-refractivity contribution in [1.82, 2.24) is 9.27 Å². The Morgan fingerprint density at radius 1 is 1.26 bits per heavy atom. The number of carbonyl (C=O) groups excluding carboxylic acids is 1. The lowest BCUT2D eigenvalue weighted by Crippen LogP contribution is -2.55. The van der Waals surface area contributed by atoms with Crippen LogP contribution in [0.5, 0.6) is 5.75 Å². The van der Waals surface area contributed by atoms with Crippen molar-refractivity contribution in [3.8, 4) is 16.9 Å². The Morgan fingerprint density at radius 2 is 2.06 bits per heavy atom. The number of alkyl halides is 1. The van der Waals surface area contributed by atoms with Crippen molar-refractivity contribution in [2.24, 2.45) is 0 Å². The van der Waals surface area contributed by atoms with Gasteiger partial charge in [0.1, 0.15) is 22.9 Å². The number of fused-ring (bicyclic) bond motifs is 2. The van der Waals surface area contributed by atoms with E-state index in [-0.39, 0.29) is 34.3 Å². The fraction of sp³-hybridized carbons (Fsp3) is 0.200. The van der Waals surface area contributed by atoms with E-state index in [0.717, 1.165) is 22.3 Å². The fourth-order valence-electron chi connectivity index (χ4n) is 4.54. The smallest absolute Gasteiger partial charge is 0.246 e. The highest BCUT2D eigenvalue weighted by Crippen LogP contribution is 2.44. The zero-order valence-corrected chi connectivity index (χ0v) is 19.5. The number of phenolic OH excluding ortho intramolecular Hbond substituents is 1. The summed E-state index contributed by atoms with van der Waals surface area (Å²) in [5, 5.41) is 13.0. The zero-order valence-electron chi connectivity index (χ0n) is 18.0. The highest BCUT2D eigenvalue weighted by atomic mass is 35.5. The number of nitrogens with zero attached hydrogens (tertiary/aromatic N) is 3. The molecule has 34 heavy (non-hydrogen) atoms. The summed E-state index contributed by atoms with van der Waals surface area (Å²) in [7, 11) is 0. The van der Waals surface area contributed by atoms with Crippen LogP contribution in [0.3, 0.4) is 0 Å². The van der Waals surface area contributed by atoms with E-state index in [4.69, 9.17) is 11.6 Å². The molecule has 1 saturated heterocycles. The number of amides is 1. The normalized spacial score (nSPS) is 16.4. The third kappa shape index (κ3) is 3.67. The third-order valence-electron chi connectivity index (χ3n) is 6.17. The van der Waals surface area contributed by atoms with Gasteiger partial charge in [-0.25, -0.2) is 8.78 Å². The van der Waals surface area contributed by atoms with E-state index in [0.29, 0.717) is 29.0 Å². The van der Waals surface area contributed by atoms with E-state index in [1.807, 2.05) is 29.2 Å². The average molecular weight is 500 g/mol. The van der Waals surface area contributed by atoms with Gasteiger partial charge < -0.3 is 14.9 Å². The van der Waals surface area contributed by atoms with Crippen molar-refractivity contribution in [2.45, 2.75) is 6.04 Å². The van der Waals surface area contributed by atoms with Crippen molar-refractivity contribution in [3.63, 3.8) is 0 Å². The van der Waals surface area contributed by atoms with Crippen LogP contribution >= 0.6 is 23.1 Å². The molecule has 1 fully saturated rings. The van der Waals surface area contributed by atoms with Crippen molar-refractivity contribution in [1.29, 1.82) is 0 Å². The quantitative estimate of drug-likeness (QED) is 0.361. The van der Waals surface area contributed by atoms with Crippen LogP contribution in [0.25, 0.3) is 32.8 Å². The van der Waals surface area contributed by atoms with E-state index in [1.54, 1.807) is 17.0 Å². The molecule has 0 aliphatic carbocycles. The monoisotopic (exact) mass is 499 g/mol. The molecule has 0 radical (unpaired) electrons. The minimum Gasteiger partial charge on any atom is -0.508 e. The predicted octanol–water partition coefficient (Wildman–Crippen LogP) is 5.79. The molecule has 5 nitrogen and oxygen atoms in total. The number of phenols is 1. The van der Waals surface area contributed by atoms with Crippen LogP contribution in [0, 0.1) is 5.82 Å². The fourth-order valence-corrected chi connectivity index (χ4v) is 5.79. The Labute approximate surface area is 203 Å². The number of aromatic hydroxyl groups is 1. The lowest BCUT2D eigenvalue weighted by Gasteiger charge is -2.40. The van der Waals surface area contributed by atoms with Gasteiger partial charge in [0, 0.05) is 30.6 Å². The Morgan fingerprint density at radius 3 is 2.82 bits per heavy atom. The number of hydrogen-bond acceptors (Lipinski definition) is 5. The highest BCUT2D eigenvalue weighted by Gasteiger charge is 2.32. The lowest BCUT2D eigenvalue weighted by atomic mass is 9.96. The number of hydrogen-bond donors (Lipinski definition) is 1. The number of piperazine rings is 1. The van der Waals surface area contributed by atoms with Gasteiger partial charge in [-0.05, 0) is 52.1 Å². The number of carbonyl (C=O) groups is 1. The molecule has 0 bridgehead atoms. The van der Waals surface area contributed by atoms with Gasteiger partial charge in [-0.3, -0.25) is 4.79 Å². The minimum absolute atomic E-state index is 0.000889. The van der Waals surface area contributed by atoms with Crippen molar-refractivity contribution >= 4 is 55.7 Å². The molecule has 3 aromatic carbocycles. The number of rotatable bonds is 4. The maximum absolute atomic E-state index is 15.9. The first kappa shape index (κ1) is 22.6. The lowest BCUT2D eigenvalue weighted by molar-refractivity contribution is -0.126. The van der Waals surface area contributed by atoms with E-state index < -0.39 is 18.5 Å². The summed E-state index contributed by atoms with van der Waals surface area (Å²) >= 11 is 7.69. The van der Waals surface area contributed by atoms with Gasteiger partial charge in [-0.15, -0.1) is 0 Å². The van der Waals surface area contributed by atoms with E-state index in [1.165, 1.54) is 12.1 Å². The van der Waals surface area contributed by atoms with Gasteiger partial charge in [0.15, 0.2) is 5.82 Å². The minimum atomic E-state index is -0.677. The molecule has 174 valence electrons. The standard InChI is InChI=1S/C25H20ClF2N3O2S/c1-2-21(33)30-7-8-31(15(12-27)13-30)25-19-11-20(26)22(23(28)24(19)29-34-25)18-10-16(32)9-14-5-3-4-6-17(14)18/h2-6,9-11,15,32H,1,7-8,12-13H2/t15-/m0/s1. The molecule has 1 aliphatic rings. The second-order valence-corrected chi connectivity index (χ2v) is 9.29. The Bertz CT molecular complexity index is 1440. The molecule has 1 amide bonds. The maximum atomic E-state index is 15.9. The van der Waals surface area contributed by atoms with Gasteiger partial charge >= 0.3 is 0 Å². The molecule has 0 spiro atoms. The summed E-state index contributed by atoms with van der Waals surface area (Å²) < 4.78 is 34.2. The van der Waals surface area contributed by atoms with E-state index in [2.05, 4.69) is 11.0 Å². The van der Waals surface area contributed by atoms with Crippen LogP contribution in [0.1, 0.15) is 0 Å². The van der Waals surface area contributed by atoms with Crippen LogP contribution in [-0.2, 0) is 4.79 Å². The molecule has 1 atom stereocenters. The molecular formula is C25H20ClF2N3O2S. The van der Waals surface area contributed by atoms with Gasteiger partial charge in [-0.1, -0.05) is 42.4 Å². The van der Waals surface area contributed by atoms with Crippen LogP contribution in [0.2, 0.25) is 5.02 Å².